The first-order valence-corrected chi connectivity index (χ1v) is 9.31. The summed E-state index contributed by atoms with van der Waals surface area (Å²) in [7, 11) is 0. The van der Waals surface area contributed by atoms with E-state index in [1.165, 1.54) is 6.20 Å². The number of aryl methyl sites for hydroxylation is 1. The largest absolute Gasteiger partial charge is 0.396 e. The highest BCUT2D eigenvalue weighted by Gasteiger charge is 2.32. The number of nitrogens with one attached hydrogen (secondary N) is 1. The van der Waals surface area contributed by atoms with E-state index in [-0.39, 0.29) is 30.4 Å². The zero-order chi connectivity index (χ0) is 19.1. The Morgan fingerprint density at radius 3 is 2.70 bits per heavy atom. The molecule has 0 aliphatic carbocycles. The number of aliphatic hydroxyl groups excluding tert-OH is 1. The standard InChI is InChI=1S/C21H25N3O3/c25-15-18-14-24(20(26)9-8-16-5-2-1-3-6-16)12-10-19(18)23-21(27)17-7-4-11-22-13-17/h1-7,11,13,18-19,25H,8-10,12,14-15H2,(H,23,27)/t18-,19-/m1/s1. The third kappa shape index (κ3) is 5.14. The summed E-state index contributed by atoms with van der Waals surface area (Å²) in [5, 5.41) is 12.7. The zero-order valence-electron chi connectivity index (χ0n) is 15.3. The predicted octanol–water partition coefficient (Wildman–Crippen LogP) is 1.65. The molecule has 6 nitrogen and oxygen atoms in total. The summed E-state index contributed by atoms with van der Waals surface area (Å²) in [4.78, 5) is 30.6. The van der Waals surface area contributed by atoms with Gasteiger partial charge in [-0.15, -0.1) is 0 Å². The minimum Gasteiger partial charge on any atom is -0.396 e. The minimum atomic E-state index is -0.199. The lowest BCUT2D eigenvalue weighted by Gasteiger charge is -2.38. The topological polar surface area (TPSA) is 82.5 Å². The molecule has 3 rings (SSSR count). The molecule has 1 fully saturated rings. The van der Waals surface area contributed by atoms with Crippen LogP contribution in [0.4, 0.5) is 0 Å². The van der Waals surface area contributed by atoms with Crippen LogP contribution in [0.1, 0.15) is 28.8 Å². The van der Waals surface area contributed by atoms with Gasteiger partial charge in [-0.2, -0.15) is 0 Å². The average molecular weight is 367 g/mol. The first kappa shape index (κ1) is 19.0. The van der Waals surface area contributed by atoms with Gasteiger partial charge in [0.15, 0.2) is 0 Å². The van der Waals surface area contributed by atoms with Crippen molar-refractivity contribution in [2.45, 2.75) is 25.3 Å². The molecule has 0 unspecified atom stereocenters. The Morgan fingerprint density at radius 1 is 1.19 bits per heavy atom. The van der Waals surface area contributed by atoms with Crippen LogP contribution in [0.5, 0.6) is 0 Å². The Morgan fingerprint density at radius 2 is 2.00 bits per heavy atom. The second-order valence-electron chi connectivity index (χ2n) is 6.88. The Hall–Kier alpha value is -2.73. The highest BCUT2D eigenvalue weighted by atomic mass is 16.3. The first-order valence-electron chi connectivity index (χ1n) is 9.31. The van der Waals surface area contributed by atoms with Gasteiger partial charge >= 0.3 is 0 Å². The Bertz CT molecular complexity index is 752. The number of carbonyl (C=O) groups is 2. The van der Waals surface area contributed by atoms with Crippen molar-refractivity contribution in [1.82, 2.24) is 15.2 Å². The van der Waals surface area contributed by atoms with Gasteiger partial charge in [0, 0.05) is 50.5 Å². The number of hydrogen-bond acceptors (Lipinski definition) is 4. The molecule has 2 heterocycles. The quantitative estimate of drug-likeness (QED) is 0.813. The van der Waals surface area contributed by atoms with E-state index < -0.39 is 0 Å². The average Bonchev–Trinajstić information content (AvgIpc) is 2.73. The number of rotatable bonds is 6. The fraction of sp³-hybridized carbons (Fsp3) is 0.381. The van der Waals surface area contributed by atoms with E-state index in [1.54, 1.807) is 23.2 Å². The summed E-state index contributed by atoms with van der Waals surface area (Å²) < 4.78 is 0. The smallest absolute Gasteiger partial charge is 0.253 e. The maximum absolute atomic E-state index is 12.5. The molecule has 2 N–H and O–H groups in total. The Balaban J connectivity index is 1.53. The number of likely N-dealkylation sites (tertiary alicyclic amines) is 1. The maximum Gasteiger partial charge on any atom is 0.253 e. The molecule has 1 aromatic carbocycles. The van der Waals surface area contributed by atoms with Crippen LogP contribution in [0.25, 0.3) is 0 Å². The normalized spacial score (nSPS) is 19.5. The Kier molecular flexibility index (Phi) is 6.54. The van der Waals surface area contributed by atoms with Crippen molar-refractivity contribution in [3.8, 4) is 0 Å². The number of carbonyl (C=O) groups excluding carboxylic acids is 2. The fourth-order valence-corrected chi connectivity index (χ4v) is 3.44. The summed E-state index contributed by atoms with van der Waals surface area (Å²) in [6, 6.07) is 13.2. The van der Waals surface area contributed by atoms with Crippen molar-refractivity contribution in [2.75, 3.05) is 19.7 Å². The van der Waals surface area contributed by atoms with Gasteiger partial charge in [-0.05, 0) is 30.5 Å². The van der Waals surface area contributed by atoms with Crippen LogP contribution in [0.2, 0.25) is 0 Å². The van der Waals surface area contributed by atoms with Crippen LogP contribution in [0, 0.1) is 5.92 Å². The van der Waals surface area contributed by atoms with Crippen LogP contribution in [0.15, 0.2) is 54.9 Å². The molecule has 27 heavy (non-hydrogen) atoms. The van der Waals surface area contributed by atoms with Crippen molar-refractivity contribution in [1.29, 1.82) is 0 Å². The molecule has 2 amide bonds. The SMILES string of the molecule is O=C(N[C@@H]1CCN(C(=O)CCc2ccccc2)C[C@@H]1CO)c1cccnc1. The highest BCUT2D eigenvalue weighted by Crippen LogP contribution is 2.19. The van der Waals surface area contributed by atoms with Crippen molar-refractivity contribution >= 4 is 11.8 Å². The molecule has 0 radical (unpaired) electrons. The number of aromatic nitrogens is 1. The molecule has 1 aromatic heterocycles. The molecule has 0 bridgehead atoms. The molecule has 0 saturated carbocycles. The lowest BCUT2D eigenvalue weighted by atomic mass is 9.92. The molecule has 142 valence electrons. The van der Waals surface area contributed by atoms with Gasteiger partial charge in [-0.25, -0.2) is 0 Å². The summed E-state index contributed by atoms with van der Waals surface area (Å²) in [5.41, 5.74) is 1.64. The number of pyridine rings is 1. The minimum absolute atomic E-state index is 0.0690. The van der Waals surface area contributed by atoms with E-state index in [0.29, 0.717) is 37.9 Å². The van der Waals surface area contributed by atoms with Crippen LogP contribution >= 0.6 is 0 Å². The van der Waals surface area contributed by atoms with Crippen LogP contribution in [0.3, 0.4) is 0 Å². The van der Waals surface area contributed by atoms with E-state index in [0.717, 1.165) is 5.56 Å². The molecule has 1 saturated heterocycles. The number of nitrogens with zero attached hydrogens (tertiary/aromatic N) is 2. The number of benzene rings is 1. The third-order valence-electron chi connectivity index (χ3n) is 5.03. The number of piperidine rings is 1. The predicted molar refractivity (Wildman–Crippen MR) is 102 cm³/mol. The molecule has 6 heteroatoms. The lowest BCUT2D eigenvalue weighted by molar-refractivity contribution is -0.133. The maximum atomic E-state index is 12.5. The number of aliphatic hydroxyl groups is 1. The van der Waals surface area contributed by atoms with Gasteiger partial charge in [-0.3, -0.25) is 14.6 Å². The van der Waals surface area contributed by atoms with Crippen molar-refractivity contribution in [2.24, 2.45) is 5.92 Å². The third-order valence-corrected chi connectivity index (χ3v) is 5.03. The monoisotopic (exact) mass is 367 g/mol. The Labute approximate surface area is 159 Å². The van der Waals surface area contributed by atoms with Crippen LogP contribution in [-0.4, -0.2) is 52.5 Å². The second-order valence-corrected chi connectivity index (χ2v) is 6.88. The van der Waals surface area contributed by atoms with Crippen molar-refractivity contribution < 1.29 is 14.7 Å². The molecule has 2 aromatic rings. The van der Waals surface area contributed by atoms with E-state index >= 15 is 0 Å². The number of amides is 2. The van der Waals surface area contributed by atoms with Gasteiger partial charge in [0.25, 0.3) is 5.91 Å². The molecular weight excluding hydrogens is 342 g/mol. The van der Waals surface area contributed by atoms with Gasteiger partial charge in [0.2, 0.25) is 5.91 Å². The van der Waals surface area contributed by atoms with E-state index in [9.17, 15) is 14.7 Å². The summed E-state index contributed by atoms with van der Waals surface area (Å²) in [6.07, 6.45) is 4.93. The van der Waals surface area contributed by atoms with Gasteiger partial charge < -0.3 is 15.3 Å². The molecule has 0 spiro atoms. The van der Waals surface area contributed by atoms with Crippen LogP contribution < -0.4 is 5.32 Å². The van der Waals surface area contributed by atoms with E-state index in [4.69, 9.17) is 0 Å². The van der Waals surface area contributed by atoms with Crippen molar-refractivity contribution in [3.63, 3.8) is 0 Å². The first-order chi connectivity index (χ1) is 13.2. The van der Waals surface area contributed by atoms with Gasteiger partial charge in [0.1, 0.15) is 0 Å². The lowest BCUT2D eigenvalue weighted by Crippen LogP contribution is -2.53. The number of hydrogen-bond donors (Lipinski definition) is 2. The summed E-state index contributed by atoms with van der Waals surface area (Å²) >= 11 is 0. The molecular formula is C21H25N3O3. The second kappa shape index (κ2) is 9.28. The highest BCUT2D eigenvalue weighted by molar-refractivity contribution is 5.94. The van der Waals surface area contributed by atoms with Gasteiger partial charge in [-0.1, -0.05) is 30.3 Å². The fourth-order valence-electron chi connectivity index (χ4n) is 3.44. The van der Waals surface area contributed by atoms with Crippen molar-refractivity contribution in [3.05, 3.63) is 66.0 Å². The zero-order valence-corrected chi connectivity index (χ0v) is 15.3. The summed E-state index contributed by atoms with van der Waals surface area (Å²) in [5.74, 6) is -0.273. The van der Waals surface area contributed by atoms with Gasteiger partial charge in [0.05, 0.1) is 5.56 Å². The molecule has 1 aliphatic heterocycles. The van der Waals surface area contributed by atoms with Crippen LogP contribution in [-0.2, 0) is 11.2 Å². The summed E-state index contributed by atoms with van der Waals surface area (Å²) in [6.45, 7) is 0.977. The van der Waals surface area contributed by atoms with E-state index in [2.05, 4.69) is 10.3 Å². The molecule has 1 aliphatic rings. The van der Waals surface area contributed by atoms with E-state index in [1.807, 2.05) is 30.3 Å². The molecule has 2 atom stereocenters.